The molecule has 2 rings (SSSR count). The molecule has 0 saturated heterocycles. The Hall–Kier alpha value is -1.92. The average molecular weight is 518 g/mol. The maximum atomic E-state index is 11.4. The van der Waals surface area contributed by atoms with Crippen molar-refractivity contribution in [2.75, 3.05) is 13.2 Å². The van der Waals surface area contributed by atoms with Gasteiger partial charge in [-0.15, -0.1) is 11.3 Å². The lowest BCUT2D eigenvalue weighted by Gasteiger charge is -2.30. The van der Waals surface area contributed by atoms with Gasteiger partial charge in [0.15, 0.2) is 0 Å². The number of benzene rings is 1. The SMILES string of the molecule is CCOC(=O)CCCCCOc1ccc(C(CC)(CC)c2nc(CCC(O)C(C)(C)C)c(C)s2)cc1. The molecule has 0 radical (unpaired) electrons. The van der Waals surface area contributed by atoms with Crippen LogP contribution in [0.3, 0.4) is 0 Å². The number of esters is 1. The summed E-state index contributed by atoms with van der Waals surface area (Å²) in [5.41, 5.74) is 2.15. The number of aryl methyl sites for hydroxylation is 2. The van der Waals surface area contributed by atoms with Crippen molar-refractivity contribution in [2.24, 2.45) is 5.41 Å². The first-order valence-electron chi connectivity index (χ1n) is 13.6. The van der Waals surface area contributed by atoms with Crippen LogP contribution < -0.4 is 4.74 Å². The van der Waals surface area contributed by atoms with Crippen molar-refractivity contribution in [2.45, 2.75) is 111 Å². The monoisotopic (exact) mass is 517 g/mol. The van der Waals surface area contributed by atoms with Gasteiger partial charge in [0.2, 0.25) is 0 Å². The van der Waals surface area contributed by atoms with E-state index in [9.17, 15) is 9.90 Å². The first kappa shape index (κ1) is 30.3. The third-order valence-electron chi connectivity index (χ3n) is 7.17. The fourth-order valence-electron chi connectivity index (χ4n) is 4.50. The summed E-state index contributed by atoms with van der Waals surface area (Å²) in [5.74, 6) is 0.756. The number of aliphatic hydroxyl groups excluding tert-OH is 1. The molecule has 0 fully saturated rings. The summed E-state index contributed by atoms with van der Waals surface area (Å²) < 4.78 is 10.9. The highest BCUT2D eigenvalue weighted by atomic mass is 32.1. The van der Waals surface area contributed by atoms with E-state index in [4.69, 9.17) is 14.5 Å². The molecule has 0 spiro atoms. The minimum atomic E-state index is -0.339. The summed E-state index contributed by atoms with van der Waals surface area (Å²) in [7, 11) is 0. The Balaban J connectivity index is 2.01. The van der Waals surface area contributed by atoms with E-state index in [2.05, 4.69) is 65.8 Å². The van der Waals surface area contributed by atoms with Crippen LogP contribution in [0, 0.1) is 12.3 Å². The number of hydrogen-bond acceptors (Lipinski definition) is 6. The van der Waals surface area contributed by atoms with Crippen LogP contribution in [0.5, 0.6) is 5.75 Å². The number of aliphatic hydroxyl groups is 1. The molecule has 0 bridgehead atoms. The van der Waals surface area contributed by atoms with Crippen molar-refractivity contribution in [3.63, 3.8) is 0 Å². The average Bonchev–Trinajstić information content (AvgIpc) is 3.21. The molecule has 1 aromatic heterocycles. The van der Waals surface area contributed by atoms with E-state index in [0.717, 1.165) is 56.4 Å². The van der Waals surface area contributed by atoms with Crippen molar-refractivity contribution < 1.29 is 19.4 Å². The number of rotatable bonds is 15. The van der Waals surface area contributed by atoms with Crippen molar-refractivity contribution >= 4 is 17.3 Å². The highest BCUT2D eigenvalue weighted by molar-refractivity contribution is 7.11. The molecule has 0 aliphatic heterocycles. The third-order valence-corrected chi connectivity index (χ3v) is 8.39. The summed E-state index contributed by atoms with van der Waals surface area (Å²) >= 11 is 1.80. The lowest BCUT2D eigenvalue weighted by molar-refractivity contribution is -0.143. The van der Waals surface area contributed by atoms with E-state index in [1.165, 1.54) is 15.4 Å². The summed E-state index contributed by atoms with van der Waals surface area (Å²) in [6.45, 7) is 15.8. The standard InChI is InChI=1S/C30H47NO4S/c1-8-30(9-2,28-31-25(22(4)36-28)19-20-26(32)29(5,6)7)23-15-17-24(18-16-23)35-21-13-11-12-14-27(33)34-10-3/h15-18,26,32H,8-14,19-21H2,1-7H3. The summed E-state index contributed by atoms with van der Waals surface area (Å²) in [6, 6.07) is 8.50. The molecule has 0 amide bonds. The number of aromatic nitrogens is 1. The van der Waals surface area contributed by atoms with Gasteiger partial charge in [-0.1, -0.05) is 46.8 Å². The second-order valence-electron chi connectivity index (χ2n) is 10.7. The first-order chi connectivity index (χ1) is 17.1. The van der Waals surface area contributed by atoms with Gasteiger partial charge in [-0.2, -0.15) is 0 Å². The lowest BCUT2D eigenvalue weighted by atomic mass is 9.76. The lowest BCUT2D eigenvalue weighted by Crippen LogP contribution is -2.27. The molecule has 1 atom stereocenters. The van der Waals surface area contributed by atoms with Crippen LogP contribution in [-0.2, 0) is 21.4 Å². The number of thiazole rings is 1. The number of carbonyl (C=O) groups excluding carboxylic acids is 1. The van der Waals surface area contributed by atoms with Crippen LogP contribution >= 0.6 is 11.3 Å². The highest BCUT2D eigenvalue weighted by Crippen LogP contribution is 2.42. The van der Waals surface area contributed by atoms with Crippen molar-refractivity contribution in [1.82, 2.24) is 4.98 Å². The number of ether oxygens (including phenoxy) is 2. The van der Waals surface area contributed by atoms with Gasteiger partial charge >= 0.3 is 5.97 Å². The number of hydrogen-bond donors (Lipinski definition) is 1. The Labute approximate surface area is 222 Å². The van der Waals surface area contributed by atoms with Gasteiger partial charge in [-0.05, 0) is 81.9 Å². The summed E-state index contributed by atoms with van der Waals surface area (Å²) in [4.78, 5) is 17.8. The van der Waals surface area contributed by atoms with Gasteiger partial charge in [0, 0.05) is 16.7 Å². The van der Waals surface area contributed by atoms with Gasteiger partial charge in [-0.25, -0.2) is 4.98 Å². The topological polar surface area (TPSA) is 68.7 Å². The predicted molar refractivity (Wildman–Crippen MR) is 149 cm³/mol. The Morgan fingerprint density at radius 2 is 1.72 bits per heavy atom. The van der Waals surface area contributed by atoms with Crippen LogP contribution in [0.4, 0.5) is 0 Å². The Kier molecular flexibility index (Phi) is 11.9. The molecule has 1 unspecified atom stereocenters. The summed E-state index contributed by atoms with van der Waals surface area (Å²) in [6.07, 6.45) is 6.32. The molecule has 1 heterocycles. The molecular weight excluding hydrogens is 470 g/mol. The van der Waals surface area contributed by atoms with Crippen molar-refractivity contribution in [1.29, 1.82) is 0 Å². The third kappa shape index (κ3) is 8.31. The second-order valence-corrected chi connectivity index (χ2v) is 11.9. The number of unbranched alkanes of at least 4 members (excludes halogenated alkanes) is 2. The molecule has 202 valence electrons. The molecule has 2 aromatic rings. The number of carbonyl (C=O) groups is 1. The van der Waals surface area contributed by atoms with Crippen molar-refractivity contribution in [3.05, 3.63) is 45.4 Å². The van der Waals surface area contributed by atoms with E-state index in [0.29, 0.717) is 19.6 Å². The molecule has 6 heteroatoms. The predicted octanol–water partition coefficient (Wildman–Crippen LogP) is 7.40. The van der Waals surface area contributed by atoms with E-state index < -0.39 is 0 Å². The van der Waals surface area contributed by atoms with E-state index in [1.54, 1.807) is 11.3 Å². The molecule has 0 aliphatic carbocycles. The van der Waals surface area contributed by atoms with Gasteiger partial charge in [0.25, 0.3) is 0 Å². The van der Waals surface area contributed by atoms with Gasteiger partial charge in [0.05, 0.1) is 25.0 Å². The van der Waals surface area contributed by atoms with Crippen molar-refractivity contribution in [3.8, 4) is 5.75 Å². The molecule has 5 nitrogen and oxygen atoms in total. The highest BCUT2D eigenvalue weighted by Gasteiger charge is 2.34. The zero-order valence-electron chi connectivity index (χ0n) is 23.5. The molecule has 1 aromatic carbocycles. The van der Waals surface area contributed by atoms with Crippen LogP contribution in [0.25, 0.3) is 0 Å². The van der Waals surface area contributed by atoms with E-state index >= 15 is 0 Å². The number of nitrogens with zero attached hydrogens (tertiary/aromatic N) is 1. The Morgan fingerprint density at radius 1 is 1.06 bits per heavy atom. The van der Waals surface area contributed by atoms with Gasteiger partial charge < -0.3 is 14.6 Å². The zero-order valence-corrected chi connectivity index (χ0v) is 24.3. The van der Waals surface area contributed by atoms with Crippen LogP contribution in [0.1, 0.15) is 108 Å². The molecule has 0 aliphatic rings. The van der Waals surface area contributed by atoms with Gasteiger partial charge in [0.1, 0.15) is 10.8 Å². The maximum absolute atomic E-state index is 11.4. The smallest absolute Gasteiger partial charge is 0.305 e. The quantitative estimate of drug-likeness (QED) is 0.197. The minimum absolute atomic E-state index is 0.115. The second kappa shape index (κ2) is 14.1. The fraction of sp³-hybridized carbons (Fsp3) is 0.667. The normalized spacial score (nSPS) is 13.0. The van der Waals surface area contributed by atoms with Crippen LogP contribution in [0.2, 0.25) is 0 Å². The van der Waals surface area contributed by atoms with E-state index in [1.807, 2.05) is 6.92 Å². The minimum Gasteiger partial charge on any atom is -0.494 e. The molecule has 0 saturated carbocycles. The Bertz CT molecular complexity index is 925. The van der Waals surface area contributed by atoms with Gasteiger partial charge in [-0.3, -0.25) is 4.79 Å². The van der Waals surface area contributed by atoms with Crippen LogP contribution in [0.15, 0.2) is 24.3 Å². The molecular formula is C30H47NO4S. The Morgan fingerprint density at radius 3 is 2.31 bits per heavy atom. The zero-order chi connectivity index (χ0) is 26.8. The summed E-state index contributed by atoms with van der Waals surface area (Å²) in [5, 5.41) is 11.7. The first-order valence-corrected chi connectivity index (χ1v) is 14.4. The molecule has 36 heavy (non-hydrogen) atoms. The molecule has 1 N–H and O–H groups in total. The maximum Gasteiger partial charge on any atom is 0.305 e. The fourth-order valence-corrected chi connectivity index (χ4v) is 5.81. The van der Waals surface area contributed by atoms with Crippen LogP contribution in [-0.4, -0.2) is 35.4 Å². The largest absolute Gasteiger partial charge is 0.494 e. The van der Waals surface area contributed by atoms with E-state index in [-0.39, 0.29) is 22.9 Å².